The molecule has 12 nitrogen and oxygen atoms in total. The molecule has 3 amide bonds. The smallest absolute Gasteiger partial charge is 0.317 e. The number of fused-ring (bicyclic) bond motifs is 2. The van der Waals surface area contributed by atoms with Crippen LogP contribution in [0, 0.1) is 5.41 Å². The number of rotatable bonds is 18. The number of aliphatic carboxylic acids is 1. The lowest BCUT2D eigenvalue weighted by Gasteiger charge is -2.41. The highest BCUT2D eigenvalue weighted by molar-refractivity contribution is 5.96. The van der Waals surface area contributed by atoms with E-state index in [0.29, 0.717) is 58.2 Å². The highest BCUT2D eigenvalue weighted by Crippen LogP contribution is 2.42. The minimum Gasteiger partial charge on any atom is -0.480 e. The highest BCUT2D eigenvalue weighted by atomic mass is 16.4. The van der Waals surface area contributed by atoms with Crippen molar-refractivity contribution in [3.05, 3.63) is 71.8 Å². The van der Waals surface area contributed by atoms with E-state index in [1.165, 1.54) is 0 Å². The molecule has 0 aromatic heterocycles. The summed E-state index contributed by atoms with van der Waals surface area (Å²) in [6, 6.07) is 16.3. The minimum atomic E-state index is -1.01. The number of hydrogen-bond donors (Lipinski definition) is 5. The molecule has 5 atom stereocenters. The number of carboxylic acid groups (broad SMARTS) is 1. The molecule has 5 rings (SSSR count). The number of hydrogen-bond acceptors (Lipinski definition) is 8. The molecule has 7 N–H and O–H groups in total. The van der Waals surface area contributed by atoms with Crippen LogP contribution in [0.1, 0.15) is 75.3 Å². The number of nitrogens with one attached hydrogen (secondary N) is 2. The van der Waals surface area contributed by atoms with Crippen molar-refractivity contribution in [3.63, 3.8) is 0 Å². The maximum Gasteiger partial charge on any atom is 0.317 e. The van der Waals surface area contributed by atoms with E-state index in [-0.39, 0.29) is 49.1 Å². The third kappa shape index (κ3) is 10.0. The maximum atomic E-state index is 14.3. The summed E-state index contributed by atoms with van der Waals surface area (Å²) < 4.78 is 0. The molecule has 2 heterocycles. The molecule has 2 bridgehead atoms. The van der Waals surface area contributed by atoms with Crippen LogP contribution in [0.5, 0.6) is 0 Å². The minimum absolute atomic E-state index is 0.0273. The molecular weight excluding hydrogens is 648 g/mol. The lowest BCUT2D eigenvalue weighted by molar-refractivity contribution is -0.145. The second-order valence-electron chi connectivity index (χ2n) is 14.7. The highest BCUT2D eigenvalue weighted by Gasteiger charge is 2.47. The van der Waals surface area contributed by atoms with E-state index in [2.05, 4.69) is 10.6 Å². The fourth-order valence-corrected chi connectivity index (χ4v) is 8.19. The largest absolute Gasteiger partial charge is 0.480 e. The van der Waals surface area contributed by atoms with Crippen molar-refractivity contribution in [1.29, 1.82) is 0 Å². The zero-order valence-corrected chi connectivity index (χ0v) is 29.5. The Morgan fingerprint density at radius 2 is 1.41 bits per heavy atom. The van der Waals surface area contributed by atoms with E-state index in [0.717, 1.165) is 36.8 Å². The van der Waals surface area contributed by atoms with E-state index < -0.39 is 35.4 Å². The lowest BCUT2D eigenvalue weighted by atomic mass is 9.78. The Balaban J connectivity index is 1.30. The van der Waals surface area contributed by atoms with Gasteiger partial charge in [-0.3, -0.25) is 28.9 Å². The maximum absolute atomic E-state index is 14.3. The van der Waals surface area contributed by atoms with Crippen LogP contribution in [-0.2, 0) is 36.8 Å². The predicted molar refractivity (Wildman–Crippen MR) is 193 cm³/mol. The zero-order valence-electron chi connectivity index (χ0n) is 29.5. The van der Waals surface area contributed by atoms with Gasteiger partial charge in [-0.15, -0.1) is 0 Å². The van der Waals surface area contributed by atoms with Gasteiger partial charge in [0.1, 0.15) is 6.04 Å². The number of carboxylic acids is 1. The Labute approximate surface area is 300 Å². The lowest BCUT2D eigenvalue weighted by Crippen LogP contribution is -2.60. The number of benzene rings is 2. The number of carbonyl (C=O) groups excluding carboxylic acids is 4. The van der Waals surface area contributed by atoms with Crippen molar-refractivity contribution in [2.24, 2.45) is 16.9 Å². The summed E-state index contributed by atoms with van der Waals surface area (Å²) in [6.45, 7) is 1.26. The molecule has 276 valence electrons. The van der Waals surface area contributed by atoms with Crippen LogP contribution in [0.4, 0.5) is 0 Å². The summed E-state index contributed by atoms with van der Waals surface area (Å²) in [6.07, 6.45) is 6.51. The second kappa shape index (κ2) is 17.9. The topological polar surface area (TPSA) is 188 Å². The SMILES string of the molecule is NCCCCC(NC(=O)C1(CC(=O)C(Cc2ccccc2)NC(=O)C(N)Cc2ccccc2)CCCC1)C(=O)N1CC2CCC(C1)N2CC(=O)O. The van der Waals surface area contributed by atoms with Gasteiger partial charge in [0, 0.05) is 31.6 Å². The number of ketones is 1. The van der Waals surface area contributed by atoms with Gasteiger partial charge in [-0.1, -0.05) is 73.5 Å². The fourth-order valence-electron chi connectivity index (χ4n) is 8.19. The summed E-state index contributed by atoms with van der Waals surface area (Å²) in [7, 11) is 0. The Morgan fingerprint density at radius 1 is 0.824 bits per heavy atom. The van der Waals surface area contributed by atoms with Gasteiger partial charge in [-0.2, -0.15) is 0 Å². The van der Waals surface area contributed by atoms with Gasteiger partial charge in [0.2, 0.25) is 17.7 Å². The molecule has 0 spiro atoms. The quantitative estimate of drug-likeness (QED) is 0.145. The van der Waals surface area contributed by atoms with Crippen molar-refractivity contribution >= 4 is 29.5 Å². The van der Waals surface area contributed by atoms with E-state index in [9.17, 15) is 29.1 Å². The molecule has 2 saturated heterocycles. The molecule has 3 aliphatic rings. The Morgan fingerprint density at radius 3 is 1.98 bits per heavy atom. The number of unbranched alkanes of at least 4 members (excludes halogenated alkanes) is 1. The molecule has 2 aromatic carbocycles. The van der Waals surface area contributed by atoms with Crippen molar-refractivity contribution in [3.8, 4) is 0 Å². The van der Waals surface area contributed by atoms with Crippen LogP contribution in [0.15, 0.2) is 60.7 Å². The van der Waals surface area contributed by atoms with Gasteiger partial charge in [-0.25, -0.2) is 0 Å². The van der Waals surface area contributed by atoms with Gasteiger partial charge in [0.05, 0.1) is 24.0 Å². The number of amides is 3. The normalized spacial score (nSPS) is 21.4. The van der Waals surface area contributed by atoms with Crippen molar-refractivity contribution < 1.29 is 29.1 Å². The monoisotopic (exact) mass is 702 g/mol. The van der Waals surface area contributed by atoms with Crippen LogP contribution in [-0.4, -0.2) is 101 Å². The Bertz CT molecular complexity index is 1490. The molecule has 5 unspecified atom stereocenters. The first-order valence-electron chi connectivity index (χ1n) is 18.5. The number of likely N-dealkylation sites (tertiary alicyclic amines) is 1. The average Bonchev–Trinajstić information content (AvgIpc) is 3.67. The van der Waals surface area contributed by atoms with Crippen molar-refractivity contribution in [2.75, 3.05) is 26.2 Å². The Hall–Kier alpha value is -4.13. The van der Waals surface area contributed by atoms with Crippen LogP contribution >= 0.6 is 0 Å². The Kier molecular flexibility index (Phi) is 13.4. The molecule has 2 aromatic rings. The van der Waals surface area contributed by atoms with Crippen molar-refractivity contribution in [2.45, 2.75) is 107 Å². The van der Waals surface area contributed by atoms with E-state index in [1.54, 1.807) is 4.90 Å². The third-order valence-corrected chi connectivity index (χ3v) is 11.0. The summed E-state index contributed by atoms with van der Waals surface area (Å²) in [5, 5.41) is 15.4. The summed E-state index contributed by atoms with van der Waals surface area (Å²) in [5.74, 6) is -2.03. The van der Waals surface area contributed by atoms with Crippen LogP contribution in [0.3, 0.4) is 0 Å². The van der Waals surface area contributed by atoms with E-state index >= 15 is 0 Å². The van der Waals surface area contributed by atoms with E-state index in [1.807, 2.05) is 65.6 Å². The molecule has 12 heteroatoms. The van der Waals surface area contributed by atoms with Gasteiger partial charge in [0.15, 0.2) is 5.78 Å². The number of nitrogens with two attached hydrogens (primary N) is 2. The van der Waals surface area contributed by atoms with Crippen LogP contribution in [0.2, 0.25) is 0 Å². The van der Waals surface area contributed by atoms with Gasteiger partial charge in [-0.05, 0) is 75.5 Å². The number of Topliss-reactive ketones (excluding diaryl/α,β-unsaturated/α-hetero) is 1. The second-order valence-corrected chi connectivity index (χ2v) is 14.7. The first kappa shape index (κ1) is 38.1. The van der Waals surface area contributed by atoms with Gasteiger partial charge in [0.25, 0.3) is 0 Å². The molecule has 51 heavy (non-hydrogen) atoms. The van der Waals surface area contributed by atoms with Crippen LogP contribution in [0.25, 0.3) is 0 Å². The standard InChI is InChI=1S/C39H54N6O6/c40-20-10-7-15-32(37(50)44-24-29-16-17-30(25-44)45(29)26-35(47)48)43-38(51)39(18-8-9-19-39)23-34(46)33(22-28-13-5-2-6-14-28)42-36(49)31(41)21-27-11-3-1-4-12-27/h1-6,11-14,29-33H,7-10,15-26,40-41H2,(H,42,49)(H,43,51)(H,47,48). The first-order valence-corrected chi connectivity index (χ1v) is 18.5. The van der Waals surface area contributed by atoms with Gasteiger partial charge >= 0.3 is 5.97 Å². The average molecular weight is 703 g/mol. The first-order chi connectivity index (χ1) is 24.6. The molecule has 2 aliphatic heterocycles. The molecular formula is C39H54N6O6. The summed E-state index contributed by atoms with van der Waals surface area (Å²) >= 11 is 0. The zero-order chi connectivity index (χ0) is 36.4. The van der Waals surface area contributed by atoms with Crippen molar-refractivity contribution in [1.82, 2.24) is 20.4 Å². The summed E-state index contributed by atoms with van der Waals surface area (Å²) in [5.41, 5.74) is 12.9. The van der Waals surface area contributed by atoms with Crippen LogP contribution < -0.4 is 22.1 Å². The van der Waals surface area contributed by atoms with E-state index in [4.69, 9.17) is 11.5 Å². The molecule has 0 radical (unpaired) electrons. The molecule has 1 saturated carbocycles. The summed E-state index contributed by atoms with van der Waals surface area (Å²) in [4.78, 5) is 71.2. The number of carbonyl (C=O) groups is 5. The number of nitrogens with zero attached hydrogens (tertiary/aromatic N) is 2. The molecule has 3 fully saturated rings. The fraction of sp³-hybridized carbons (Fsp3) is 0.564. The van der Waals surface area contributed by atoms with Gasteiger partial charge < -0.3 is 32.1 Å². The molecule has 1 aliphatic carbocycles. The predicted octanol–water partition coefficient (Wildman–Crippen LogP) is 2.18. The third-order valence-electron chi connectivity index (χ3n) is 11.0. The number of piperazine rings is 1.